The second-order valence-corrected chi connectivity index (χ2v) is 4.31. The summed E-state index contributed by atoms with van der Waals surface area (Å²) in [5, 5.41) is 0. The van der Waals surface area contributed by atoms with Gasteiger partial charge in [0, 0.05) is 32.6 Å². The number of nitrogens with two attached hydrogens (primary N) is 1. The van der Waals surface area contributed by atoms with E-state index in [0.717, 1.165) is 13.1 Å². The van der Waals surface area contributed by atoms with Crippen LogP contribution in [0.15, 0.2) is 0 Å². The lowest BCUT2D eigenvalue weighted by Crippen LogP contribution is -2.40. The number of carbonyl (C=O) groups is 1. The largest absolute Gasteiger partial charge is 0.390 e. The van der Waals surface area contributed by atoms with Gasteiger partial charge in [0.1, 0.15) is 0 Å². The Morgan fingerprint density at radius 1 is 1.11 bits per heavy atom. The summed E-state index contributed by atoms with van der Waals surface area (Å²) in [7, 11) is 0. The van der Waals surface area contributed by atoms with E-state index in [9.17, 15) is 18.0 Å². The lowest BCUT2D eigenvalue weighted by Gasteiger charge is -2.27. The van der Waals surface area contributed by atoms with Crippen LogP contribution < -0.4 is 5.73 Å². The van der Waals surface area contributed by atoms with Gasteiger partial charge in [0.2, 0.25) is 5.91 Å². The van der Waals surface area contributed by atoms with E-state index in [1.807, 2.05) is 13.8 Å². The molecule has 0 radical (unpaired) electrons. The fourth-order valence-electron chi connectivity index (χ4n) is 1.71. The molecule has 0 saturated heterocycles. The number of carbonyl (C=O) groups excluding carboxylic acids is 1. The van der Waals surface area contributed by atoms with Gasteiger partial charge in [-0.1, -0.05) is 13.8 Å². The zero-order chi connectivity index (χ0) is 14.9. The van der Waals surface area contributed by atoms with Crippen molar-refractivity contribution in [2.24, 2.45) is 5.73 Å². The number of rotatable bonds is 9. The molecular weight excluding hydrogens is 259 g/mol. The molecule has 0 atom stereocenters. The topological polar surface area (TPSA) is 49.6 Å². The average molecular weight is 283 g/mol. The summed E-state index contributed by atoms with van der Waals surface area (Å²) in [5.41, 5.74) is 5.28. The van der Waals surface area contributed by atoms with Gasteiger partial charge in [0.15, 0.2) is 0 Å². The van der Waals surface area contributed by atoms with Crippen molar-refractivity contribution < 1.29 is 18.0 Å². The molecule has 1 amide bonds. The Kier molecular flexibility index (Phi) is 8.75. The Hall–Kier alpha value is -0.820. The molecule has 0 heterocycles. The third-order valence-corrected chi connectivity index (χ3v) is 2.96. The van der Waals surface area contributed by atoms with Crippen LogP contribution in [0.25, 0.3) is 0 Å². The van der Waals surface area contributed by atoms with Crippen molar-refractivity contribution in [2.45, 2.75) is 32.9 Å². The van der Waals surface area contributed by atoms with Crippen LogP contribution in [0.2, 0.25) is 0 Å². The minimum atomic E-state index is -4.24. The predicted molar refractivity (Wildman–Crippen MR) is 68.7 cm³/mol. The lowest BCUT2D eigenvalue weighted by atomic mass is 10.3. The smallest absolute Gasteiger partial charge is 0.341 e. The van der Waals surface area contributed by atoms with E-state index >= 15 is 0 Å². The molecule has 2 N–H and O–H groups in total. The van der Waals surface area contributed by atoms with Crippen molar-refractivity contribution in [3.05, 3.63) is 0 Å². The van der Waals surface area contributed by atoms with Crippen LogP contribution >= 0.6 is 0 Å². The van der Waals surface area contributed by atoms with Gasteiger partial charge in [-0.25, -0.2) is 0 Å². The standard InChI is InChI=1S/C12H24F3N3O/c1-3-17(4-2)9-10-18(11(19)5-7-16)8-6-12(13,14)15/h3-10,16H2,1-2H3. The zero-order valence-corrected chi connectivity index (χ0v) is 11.7. The lowest BCUT2D eigenvalue weighted by molar-refractivity contribution is -0.145. The SMILES string of the molecule is CCN(CC)CCN(CCC(F)(F)F)C(=O)CCN. The van der Waals surface area contributed by atoms with E-state index in [4.69, 9.17) is 5.73 Å². The Labute approximate surface area is 112 Å². The molecule has 0 bridgehead atoms. The van der Waals surface area contributed by atoms with Crippen molar-refractivity contribution in [3.63, 3.8) is 0 Å². The van der Waals surface area contributed by atoms with E-state index in [1.165, 1.54) is 4.90 Å². The van der Waals surface area contributed by atoms with Crippen molar-refractivity contribution in [1.29, 1.82) is 0 Å². The fraction of sp³-hybridized carbons (Fsp3) is 0.917. The number of likely N-dealkylation sites (N-methyl/N-ethyl adjacent to an activating group) is 1. The molecule has 0 aromatic heterocycles. The summed E-state index contributed by atoms with van der Waals surface area (Å²) in [5.74, 6) is -0.307. The van der Waals surface area contributed by atoms with Gasteiger partial charge in [0.25, 0.3) is 0 Å². The summed E-state index contributed by atoms with van der Waals surface area (Å²) in [6.45, 7) is 6.36. The van der Waals surface area contributed by atoms with E-state index in [0.29, 0.717) is 13.1 Å². The molecule has 0 rings (SSSR count). The molecule has 0 saturated carbocycles. The maximum Gasteiger partial charge on any atom is 0.390 e. The van der Waals surface area contributed by atoms with Gasteiger partial charge in [-0.3, -0.25) is 4.79 Å². The monoisotopic (exact) mass is 283 g/mol. The first-order chi connectivity index (χ1) is 8.84. The number of hydrogen-bond acceptors (Lipinski definition) is 3. The number of halogens is 3. The second-order valence-electron chi connectivity index (χ2n) is 4.31. The Balaban J connectivity index is 4.37. The van der Waals surface area contributed by atoms with Crippen molar-refractivity contribution in [2.75, 3.05) is 39.3 Å². The first-order valence-corrected chi connectivity index (χ1v) is 6.61. The van der Waals surface area contributed by atoms with E-state index in [1.54, 1.807) is 0 Å². The Bertz CT molecular complexity index is 255. The van der Waals surface area contributed by atoms with Gasteiger partial charge in [-0.2, -0.15) is 13.2 Å². The summed E-state index contributed by atoms with van der Waals surface area (Å²) in [4.78, 5) is 15.0. The molecule has 0 aliphatic carbocycles. The average Bonchev–Trinajstić information content (AvgIpc) is 2.32. The summed E-state index contributed by atoms with van der Waals surface area (Å²) in [6.07, 6.45) is -5.12. The number of hydrogen-bond donors (Lipinski definition) is 1. The fourth-order valence-corrected chi connectivity index (χ4v) is 1.71. The summed E-state index contributed by atoms with van der Waals surface area (Å²) >= 11 is 0. The molecule has 0 aromatic carbocycles. The van der Waals surface area contributed by atoms with Gasteiger partial charge in [-0.05, 0) is 13.1 Å². The van der Waals surface area contributed by atoms with E-state index in [-0.39, 0.29) is 25.4 Å². The van der Waals surface area contributed by atoms with Crippen molar-refractivity contribution >= 4 is 5.91 Å². The first-order valence-electron chi connectivity index (χ1n) is 6.61. The molecule has 0 spiro atoms. The Morgan fingerprint density at radius 2 is 1.68 bits per heavy atom. The third-order valence-electron chi connectivity index (χ3n) is 2.96. The molecule has 0 unspecified atom stereocenters. The molecule has 7 heteroatoms. The van der Waals surface area contributed by atoms with Gasteiger partial charge < -0.3 is 15.5 Å². The molecule has 4 nitrogen and oxygen atoms in total. The van der Waals surface area contributed by atoms with E-state index in [2.05, 4.69) is 4.90 Å². The zero-order valence-electron chi connectivity index (χ0n) is 11.7. The first kappa shape index (κ1) is 18.2. The van der Waals surface area contributed by atoms with Gasteiger partial charge >= 0.3 is 6.18 Å². The normalized spacial score (nSPS) is 11.9. The van der Waals surface area contributed by atoms with Crippen LogP contribution in [0.4, 0.5) is 13.2 Å². The molecular formula is C12H24F3N3O. The van der Waals surface area contributed by atoms with Crippen LogP contribution in [0.1, 0.15) is 26.7 Å². The van der Waals surface area contributed by atoms with Crippen LogP contribution in [-0.4, -0.2) is 61.2 Å². The summed E-state index contributed by atoms with van der Waals surface area (Å²) < 4.78 is 36.7. The van der Waals surface area contributed by atoms with E-state index < -0.39 is 12.6 Å². The number of amides is 1. The maximum atomic E-state index is 12.2. The molecule has 0 aliphatic rings. The molecule has 0 aromatic rings. The molecule has 0 aliphatic heterocycles. The highest BCUT2D eigenvalue weighted by molar-refractivity contribution is 5.76. The van der Waals surface area contributed by atoms with Crippen LogP contribution in [0.5, 0.6) is 0 Å². The molecule has 19 heavy (non-hydrogen) atoms. The highest BCUT2D eigenvalue weighted by atomic mass is 19.4. The van der Waals surface area contributed by atoms with Gasteiger partial charge in [0.05, 0.1) is 6.42 Å². The minimum Gasteiger partial charge on any atom is -0.341 e. The Morgan fingerprint density at radius 3 is 2.11 bits per heavy atom. The van der Waals surface area contributed by atoms with Crippen LogP contribution in [0.3, 0.4) is 0 Å². The maximum absolute atomic E-state index is 12.2. The third kappa shape index (κ3) is 8.83. The van der Waals surface area contributed by atoms with Crippen molar-refractivity contribution in [3.8, 4) is 0 Å². The van der Waals surface area contributed by atoms with Gasteiger partial charge in [-0.15, -0.1) is 0 Å². The highest BCUT2D eigenvalue weighted by Gasteiger charge is 2.28. The quantitative estimate of drug-likeness (QED) is 0.697. The van der Waals surface area contributed by atoms with Crippen LogP contribution in [-0.2, 0) is 4.79 Å². The highest BCUT2D eigenvalue weighted by Crippen LogP contribution is 2.19. The summed E-state index contributed by atoms with van der Waals surface area (Å²) in [6, 6.07) is 0. The van der Waals surface area contributed by atoms with Crippen molar-refractivity contribution in [1.82, 2.24) is 9.80 Å². The minimum absolute atomic E-state index is 0.0934. The van der Waals surface area contributed by atoms with Crippen LogP contribution in [0, 0.1) is 0 Å². The predicted octanol–water partition coefficient (Wildman–Crippen LogP) is 1.46. The number of nitrogens with zero attached hydrogens (tertiary/aromatic N) is 2. The molecule has 0 fully saturated rings. The molecule has 114 valence electrons. The number of alkyl halides is 3. The second kappa shape index (κ2) is 9.14.